The zero-order chi connectivity index (χ0) is 14.4. The standard InChI is InChI=1S/C16H18N2OS/c1-3-19-14-6-4-13(5-7-14)12(2)18-11-16-9-8-15(10-17)20-16/h4-9,12,18H,3,11H2,1-2H3. The first-order valence-electron chi connectivity index (χ1n) is 6.68. The Kier molecular flexibility index (Phi) is 5.16. The van der Waals surface area contributed by atoms with E-state index in [1.807, 2.05) is 31.2 Å². The Hall–Kier alpha value is -1.83. The lowest BCUT2D eigenvalue weighted by Gasteiger charge is -2.14. The molecular weight excluding hydrogens is 268 g/mol. The topological polar surface area (TPSA) is 45.0 Å². The first-order valence-corrected chi connectivity index (χ1v) is 7.49. The van der Waals surface area contributed by atoms with Crippen molar-refractivity contribution >= 4 is 11.3 Å². The summed E-state index contributed by atoms with van der Waals surface area (Å²) in [6, 6.07) is 14.4. The third-order valence-electron chi connectivity index (χ3n) is 3.05. The van der Waals surface area contributed by atoms with Gasteiger partial charge in [0, 0.05) is 17.5 Å². The van der Waals surface area contributed by atoms with Crippen LogP contribution in [0.2, 0.25) is 0 Å². The number of nitriles is 1. The van der Waals surface area contributed by atoms with Crippen LogP contribution in [0.3, 0.4) is 0 Å². The lowest BCUT2D eigenvalue weighted by Crippen LogP contribution is -2.17. The molecule has 0 aliphatic rings. The molecule has 1 aromatic heterocycles. The summed E-state index contributed by atoms with van der Waals surface area (Å²) in [4.78, 5) is 1.94. The number of rotatable bonds is 6. The largest absolute Gasteiger partial charge is 0.494 e. The van der Waals surface area contributed by atoms with Gasteiger partial charge in [0.1, 0.15) is 16.7 Å². The maximum atomic E-state index is 8.80. The van der Waals surface area contributed by atoms with E-state index in [4.69, 9.17) is 10.00 Å². The highest BCUT2D eigenvalue weighted by Crippen LogP contribution is 2.20. The van der Waals surface area contributed by atoms with Crippen molar-refractivity contribution < 1.29 is 4.74 Å². The van der Waals surface area contributed by atoms with E-state index in [2.05, 4.69) is 30.4 Å². The SMILES string of the molecule is CCOc1ccc(C(C)NCc2ccc(C#N)s2)cc1. The predicted molar refractivity (Wildman–Crippen MR) is 81.9 cm³/mol. The molecular formula is C16H18N2OS. The number of hydrogen-bond acceptors (Lipinski definition) is 4. The van der Waals surface area contributed by atoms with Crippen LogP contribution in [0.5, 0.6) is 5.75 Å². The zero-order valence-electron chi connectivity index (χ0n) is 11.7. The van der Waals surface area contributed by atoms with Gasteiger partial charge in [0.2, 0.25) is 0 Å². The Labute approximate surface area is 123 Å². The van der Waals surface area contributed by atoms with Crippen molar-refractivity contribution in [3.05, 3.63) is 51.7 Å². The van der Waals surface area contributed by atoms with Gasteiger partial charge in [-0.1, -0.05) is 12.1 Å². The maximum Gasteiger partial charge on any atom is 0.119 e. The molecule has 1 unspecified atom stereocenters. The normalized spacial score (nSPS) is 11.8. The molecule has 2 aromatic rings. The molecule has 2 rings (SSSR count). The molecule has 1 heterocycles. The summed E-state index contributed by atoms with van der Waals surface area (Å²) in [5.41, 5.74) is 1.23. The minimum atomic E-state index is 0.262. The smallest absolute Gasteiger partial charge is 0.119 e. The summed E-state index contributed by atoms with van der Waals surface area (Å²) in [5, 5.41) is 12.3. The second-order valence-electron chi connectivity index (χ2n) is 4.48. The Morgan fingerprint density at radius 3 is 2.60 bits per heavy atom. The first kappa shape index (κ1) is 14.6. The van der Waals surface area contributed by atoms with Gasteiger partial charge in [-0.2, -0.15) is 5.26 Å². The highest BCUT2D eigenvalue weighted by atomic mass is 32.1. The van der Waals surface area contributed by atoms with Gasteiger partial charge >= 0.3 is 0 Å². The fourth-order valence-corrected chi connectivity index (χ4v) is 2.68. The molecule has 0 aliphatic heterocycles. The number of benzene rings is 1. The quantitative estimate of drug-likeness (QED) is 0.876. The van der Waals surface area contributed by atoms with Crippen LogP contribution in [0.1, 0.15) is 35.2 Å². The molecule has 0 bridgehead atoms. The molecule has 4 heteroatoms. The van der Waals surface area contributed by atoms with Crippen molar-refractivity contribution in [2.45, 2.75) is 26.4 Å². The van der Waals surface area contributed by atoms with E-state index < -0.39 is 0 Å². The number of ether oxygens (including phenoxy) is 1. The Balaban J connectivity index is 1.91. The van der Waals surface area contributed by atoms with Crippen LogP contribution in [0.4, 0.5) is 0 Å². The van der Waals surface area contributed by atoms with Crippen LogP contribution >= 0.6 is 11.3 Å². The Morgan fingerprint density at radius 2 is 2.00 bits per heavy atom. The van der Waals surface area contributed by atoms with E-state index in [-0.39, 0.29) is 6.04 Å². The Bertz CT molecular complexity index is 583. The Morgan fingerprint density at radius 1 is 1.25 bits per heavy atom. The molecule has 104 valence electrons. The summed E-state index contributed by atoms with van der Waals surface area (Å²) < 4.78 is 5.44. The summed E-state index contributed by atoms with van der Waals surface area (Å²) in [7, 11) is 0. The number of nitrogens with zero attached hydrogens (tertiary/aromatic N) is 1. The highest BCUT2D eigenvalue weighted by Gasteiger charge is 2.06. The fraction of sp³-hybridized carbons (Fsp3) is 0.312. The van der Waals surface area contributed by atoms with Gasteiger partial charge in [-0.25, -0.2) is 0 Å². The molecule has 1 atom stereocenters. The highest BCUT2D eigenvalue weighted by molar-refractivity contribution is 7.12. The van der Waals surface area contributed by atoms with Crippen molar-refractivity contribution in [1.29, 1.82) is 5.26 Å². The van der Waals surface area contributed by atoms with Crippen LogP contribution in [-0.2, 0) is 6.54 Å². The summed E-state index contributed by atoms with van der Waals surface area (Å²) in [6.07, 6.45) is 0. The van der Waals surface area contributed by atoms with Crippen LogP contribution in [-0.4, -0.2) is 6.61 Å². The van der Waals surface area contributed by atoms with Crippen molar-refractivity contribution in [1.82, 2.24) is 5.32 Å². The third kappa shape index (κ3) is 3.83. The molecule has 1 N–H and O–H groups in total. The van der Waals surface area contributed by atoms with Gasteiger partial charge in [0.25, 0.3) is 0 Å². The molecule has 0 spiro atoms. The van der Waals surface area contributed by atoms with Crippen LogP contribution in [0, 0.1) is 11.3 Å². The molecule has 20 heavy (non-hydrogen) atoms. The maximum absolute atomic E-state index is 8.80. The average Bonchev–Trinajstić information content (AvgIpc) is 2.94. The number of hydrogen-bond donors (Lipinski definition) is 1. The average molecular weight is 286 g/mol. The third-order valence-corrected chi connectivity index (χ3v) is 4.04. The van der Waals surface area contributed by atoms with E-state index in [0.717, 1.165) is 17.2 Å². The lowest BCUT2D eigenvalue weighted by atomic mass is 10.1. The molecule has 0 fully saturated rings. The van der Waals surface area contributed by atoms with Gasteiger partial charge in [0.05, 0.1) is 6.61 Å². The second-order valence-corrected chi connectivity index (χ2v) is 5.65. The second kappa shape index (κ2) is 7.09. The molecule has 1 aromatic carbocycles. The summed E-state index contributed by atoms with van der Waals surface area (Å²) in [5.74, 6) is 0.903. The first-order chi connectivity index (χ1) is 9.72. The molecule has 0 saturated heterocycles. The van der Waals surface area contributed by atoms with Gasteiger partial charge in [-0.3, -0.25) is 0 Å². The van der Waals surface area contributed by atoms with E-state index in [1.54, 1.807) is 0 Å². The molecule has 0 saturated carbocycles. The molecule has 0 aliphatic carbocycles. The number of thiophene rings is 1. The summed E-state index contributed by atoms with van der Waals surface area (Å²) in [6.45, 7) is 5.58. The van der Waals surface area contributed by atoms with E-state index in [1.165, 1.54) is 21.8 Å². The molecule has 0 amide bonds. The van der Waals surface area contributed by atoms with Crippen molar-refractivity contribution in [3.8, 4) is 11.8 Å². The monoisotopic (exact) mass is 286 g/mol. The molecule has 3 nitrogen and oxygen atoms in total. The van der Waals surface area contributed by atoms with Gasteiger partial charge in [-0.05, 0) is 43.7 Å². The number of nitrogens with one attached hydrogen (secondary N) is 1. The molecule has 0 radical (unpaired) electrons. The lowest BCUT2D eigenvalue weighted by molar-refractivity contribution is 0.340. The van der Waals surface area contributed by atoms with Crippen LogP contribution in [0.25, 0.3) is 0 Å². The van der Waals surface area contributed by atoms with Crippen LogP contribution < -0.4 is 10.1 Å². The zero-order valence-corrected chi connectivity index (χ0v) is 12.5. The minimum absolute atomic E-state index is 0.262. The van der Waals surface area contributed by atoms with Gasteiger partial charge in [0.15, 0.2) is 0 Å². The fourth-order valence-electron chi connectivity index (χ4n) is 1.92. The van der Waals surface area contributed by atoms with E-state index in [9.17, 15) is 0 Å². The van der Waals surface area contributed by atoms with Gasteiger partial charge in [-0.15, -0.1) is 11.3 Å². The summed E-state index contributed by atoms with van der Waals surface area (Å²) >= 11 is 1.54. The predicted octanol–water partition coefficient (Wildman–Crippen LogP) is 3.87. The van der Waals surface area contributed by atoms with Crippen molar-refractivity contribution in [2.75, 3.05) is 6.61 Å². The van der Waals surface area contributed by atoms with E-state index in [0.29, 0.717) is 6.61 Å². The minimum Gasteiger partial charge on any atom is -0.494 e. The van der Waals surface area contributed by atoms with E-state index >= 15 is 0 Å². The van der Waals surface area contributed by atoms with Crippen molar-refractivity contribution in [2.24, 2.45) is 0 Å². The van der Waals surface area contributed by atoms with Gasteiger partial charge < -0.3 is 10.1 Å². The van der Waals surface area contributed by atoms with Crippen molar-refractivity contribution in [3.63, 3.8) is 0 Å². The van der Waals surface area contributed by atoms with Crippen LogP contribution in [0.15, 0.2) is 36.4 Å².